The second kappa shape index (κ2) is 9.35. The molecule has 0 radical (unpaired) electrons. The van der Waals surface area contributed by atoms with E-state index in [1.54, 1.807) is 0 Å². The fraction of sp³-hybridized carbons (Fsp3) is 0.231. The quantitative estimate of drug-likeness (QED) is 0.183. The van der Waals surface area contributed by atoms with Crippen LogP contribution in [-0.4, -0.2) is 28.9 Å². The van der Waals surface area contributed by atoms with Crippen molar-refractivity contribution in [2.75, 3.05) is 7.11 Å². The molecule has 0 bridgehead atoms. The Balaban J connectivity index is 1.78. The first-order chi connectivity index (χ1) is 17.3. The molecular formula is C26H21ClF4N2O4. The highest BCUT2D eigenvalue weighted by Gasteiger charge is 2.59. The van der Waals surface area contributed by atoms with E-state index in [1.807, 2.05) is 0 Å². The Hall–Kier alpha value is -3.63. The van der Waals surface area contributed by atoms with Crippen LogP contribution in [0, 0.1) is 11.2 Å². The number of rotatable bonds is 5. The van der Waals surface area contributed by atoms with Crippen molar-refractivity contribution in [3.8, 4) is 11.1 Å². The van der Waals surface area contributed by atoms with Crippen LogP contribution in [0.4, 0.5) is 17.6 Å². The fourth-order valence-electron chi connectivity index (χ4n) is 4.30. The summed E-state index contributed by atoms with van der Waals surface area (Å²) in [4.78, 5) is 11.8. The summed E-state index contributed by atoms with van der Waals surface area (Å²) in [5.41, 5.74) is -3.13. The lowest BCUT2D eigenvalue weighted by Gasteiger charge is -2.37. The first-order valence-corrected chi connectivity index (χ1v) is 11.3. The SMILES string of the molecule is COC(=N)c1ccc(-c2ccc(C(C)C(O)(c3ccc4oc(=O)n(C)c4c3)C(F)(F)F)c(Cl)c2)c(F)c1. The summed E-state index contributed by atoms with van der Waals surface area (Å²) in [6.45, 7) is 1.18. The summed E-state index contributed by atoms with van der Waals surface area (Å²) >= 11 is 6.38. The van der Waals surface area contributed by atoms with Crippen molar-refractivity contribution in [1.82, 2.24) is 4.57 Å². The van der Waals surface area contributed by atoms with Gasteiger partial charge in [-0.3, -0.25) is 9.98 Å². The number of nitrogens with zero attached hydrogens (tertiary/aromatic N) is 1. The third-order valence-corrected chi connectivity index (χ3v) is 6.83. The Kier molecular flexibility index (Phi) is 6.68. The van der Waals surface area contributed by atoms with Gasteiger partial charge in [0.15, 0.2) is 11.2 Å². The Morgan fingerprint density at radius 1 is 1.14 bits per heavy atom. The Morgan fingerprint density at radius 2 is 1.84 bits per heavy atom. The van der Waals surface area contributed by atoms with Crippen LogP contribution in [0.5, 0.6) is 0 Å². The van der Waals surface area contributed by atoms with Gasteiger partial charge >= 0.3 is 11.9 Å². The molecule has 0 aliphatic rings. The number of hydrogen-bond donors (Lipinski definition) is 2. The average molecular weight is 537 g/mol. The minimum Gasteiger partial charge on any atom is -0.481 e. The van der Waals surface area contributed by atoms with Crippen LogP contribution in [0.3, 0.4) is 0 Å². The van der Waals surface area contributed by atoms with Gasteiger partial charge < -0.3 is 14.3 Å². The van der Waals surface area contributed by atoms with Crippen molar-refractivity contribution in [3.63, 3.8) is 0 Å². The maximum absolute atomic E-state index is 14.7. The molecule has 194 valence electrons. The molecule has 3 aromatic carbocycles. The second-order valence-electron chi connectivity index (χ2n) is 8.56. The van der Waals surface area contributed by atoms with Crippen molar-refractivity contribution in [3.05, 3.63) is 92.7 Å². The predicted octanol–water partition coefficient (Wildman–Crippen LogP) is 6.12. The van der Waals surface area contributed by atoms with E-state index in [2.05, 4.69) is 0 Å². The van der Waals surface area contributed by atoms with E-state index in [9.17, 15) is 27.5 Å². The summed E-state index contributed by atoms with van der Waals surface area (Å²) < 4.78 is 68.8. The summed E-state index contributed by atoms with van der Waals surface area (Å²) in [5, 5.41) is 18.7. The summed E-state index contributed by atoms with van der Waals surface area (Å²) in [5.74, 6) is -3.26. The Bertz CT molecular complexity index is 1580. The molecular weight excluding hydrogens is 516 g/mol. The van der Waals surface area contributed by atoms with Gasteiger partial charge in [-0.05, 0) is 47.0 Å². The molecule has 0 fully saturated rings. The van der Waals surface area contributed by atoms with Crippen molar-refractivity contribution in [1.29, 1.82) is 5.41 Å². The van der Waals surface area contributed by atoms with Gasteiger partial charge in [0.05, 0.1) is 12.6 Å². The van der Waals surface area contributed by atoms with E-state index in [1.165, 1.54) is 57.5 Å². The molecule has 0 saturated heterocycles. The van der Waals surface area contributed by atoms with Gasteiger partial charge in [0.25, 0.3) is 0 Å². The Labute approximate surface area is 213 Å². The number of oxazole rings is 1. The molecule has 37 heavy (non-hydrogen) atoms. The van der Waals surface area contributed by atoms with Crippen LogP contribution in [0.15, 0.2) is 63.8 Å². The van der Waals surface area contributed by atoms with Crippen molar-refractivity contribution < 1.29 is 31.8 Å². The fourth-order valence-corrected chi connectivity index (χ4v) is 4.65. The molecule has 1 heterocycles. The normalized spacial score (nSPS) is 14.4. The van der Waals surface area contributed by atoms with E-state index in [0.717, 1.165) is 22.8 Å². The van der Waals surface area contributed by atoms with Crippen LogP contribution in [0.25, 0.3) is 22.2 Å². The van der Waals surface area contributed by atoms with Crippen molar-refractivity contribution >= 4 is 28.6 Å². The van der Waals surface area contributed by atoms with Crippen LogP contribution >= 0.6 is 11.6 Å². The summed E-state index contributed by atoms with van der Waals surface area (Å²) in [6.07, 6.45) is -5.13. The van der Waals surface area contributed by atoms with Gasteiger partial charge in [0.2, 0.25) is 5.90 Å². The highest BCUT2D eigenvalue weighted by atomic mass is 35.5. The van der Waals surface area contributed by atoms with Gasteiger partial charge in [-0.1, -0.05) is 42.8 Å². The maximum atomic E-state index is 14.7. The van der Waals surface area contributed by atoms with Gasteiger partial charge in [0.1, 0.15) is 5.82 Å². The molecule has 6 nitrogen and oxygen atoms in total. The second-order valence-corrected chi connectivity index (χ2v) is 8.97. The van der Waals surface area contributed by atoms with Crippen LogP contribution in [-0.2, 0) is 17.4 Å². The molecule has 0 aliphatic carbocycles. The molecule has 0 amide bonds. The minimum absolute atomic E-state index is 0.0235. The third-order valence-electron chi connectivity index (χ3n) is 6.50. The number of fused-ring (bicyclic) bond motifs is 1. The van der Waals surface area contributed by atoms with Crippen LogP contribution < -0.4 is 5.76 Å². The molecule has 0 saturated carbocycles. The molecule has 11 heteroatoms. The van der Waals surface area contributed by atoms with Crippen molar-refractivity contribution in [2.24, 2.45) is 7.05 Å². The number of aliphatic hydroxyl groups is 1. The lowest BCUT2D eigenvalue weighted by molar-refractivity contribution is -0.274. The molecule has 1 aromatic heterocycles. The van der Waals surface area contributed by atoms with Crippen molar-refractivity contribution in [2.45, 2.75) is 24.6 Å². The standard InChI is InChI=1S/C26H21ClF4N2O4/c1-13(25(35,26(29,30)31)16-6-9-22-21(12-16)33(2)24(34)37-22)17-7-4-14(10-19(17)27)18-8-5-15(11-20(18)28)23(32)36-3/h4-13,32,35H,1-3H3. The highest BCUT2D eigenvalue weighted by Crippen LogP contribution is 2.50. The van der Waals surface area contributed by atoms with E-state index in [4.69, 9.17) is 26.2 Å². The lowest BCUT2D eigenvalue weighted by atomic mass is 9.77. The smallest absolute Gasteiger partial charge is 0.422 e. The zero-order valence-electron chi connectivity index (χ0n) is 19.8. The highest BCUT2D eigenvalue weighted by molar-refractivity contribution is 6.31. The first-order valence-electron chi connectivity index (χ1n) is 10.9. The largest absolute Gasteiger partial charge is 0.481 e. The lowest BCUT2D eigenvalue weighted by Crippen LogP contribution is -2.46. The number of aryl methyl sites for hydroxylation is 1. The summed E-state index contributed by atoms with van der Waals surface area (Å²) in [6, 6.07) is 11.3. The zero-order valence-corrected chi connectivity index (χ0v) is 20.5. The van der Waals surface area contributed by atoms with Gasteiger partial charge in [-0.15, -0.1) is 0 Å². The topological polar surface area (TPSA) is 88.5 Å². The molecule has 4 rings (SSSR count). The predicted molar refractivity (Wildman–Crippen MR) is 131 cm³/mol. The molecule has 0 aliphatic heterocycles. The molecule has 4 aromatic rings. The Morgan fingerprint density at radius 3 is 2.43 bits per heavy atom. The number of methoxy groups -OCH3 is 1. The van der Waals surface area contributed by atoms with E-state index in [0.29, 0.717) is 5.56 Å². The number of nitrogens with one attached hydrogen (secondary N) is 1. The monoisotopic (exact) mass is 536 g/mol. The van der Waals surface area contributed by atoms with Gasteiger partial charge in [-0.25, -0.2) is 9.18 Å². The first kappa shape index (κ1) is 26.4. The van der Waals surface area contributed by atoms with Crippen LogP contribution in [0.1, 0.15) is 29.5 Å². The number of ether oxygens (including phenoxy) is 1. The number of hydrogen-bond acceptors (Lipinski definition) is 5. The number of alkyl halides is 3. The van der Waals surface area contributed by atoms with E-state index in [-0.39, 0.29) is 38.7 Å². The summed E-state index contributed by atoms with van der Waals surface area (Å²) in [7, 11) is 2.62. The van der Waals surface area contributed by atoms with Gasteiger partial charge in [0, 0.05) is 29.1 Å². The zero-order chi connectivity index (χ0) is 27.3. The number of benzene rings is 3. The number of aromatic nitrogens is 1. The van der Waals surface area contributed by atoms with E-state index < -0.39 is 34.8 Å². The number of halogens is 5. The molecule has 2 N–H and O–H groups in total. The van der Waals surface area contributed by atoms with E-state index >= 15 is 0 Å². The minimum atomic E-state index is -5.13. The van der Waals surface area contributed by atoms with Crippen LogP contribution in [0.2, 0.25) is 5.02 Å². The average Bonchev–Trinajstić information content (AvgIpc) is 3.14. The third kappa shape index (κ3) is 4.40. The molecule has 2 unspecified atom stereocenters. The maximum Gasteiger partial charge on any atom is 0.422 e. The molecule has 2 atom stereocenters. The molecule has 0 spiro atoms. The van der Waals surface area contributed by atoms with Gasteiger partial charge in [-0.2, -0.15) is 13.2 Å².